The lowest BCUT2D eigenvalue weighted by molar-refractivity contribution is 0.0665. The molecule has 1 aliphatic rings. The molecule has 0 aromatic carbocycles. The van der Waals surface area contributed by atoms with Gasteiger partial charge in [-0.2, -0.15) is 0 Å². The fourth-order valence-electron chi connectivity index (χ4n) is 3.20. The van der Waals surface area contributed by atoms with Crippen LogP contribution < -0.4 is 0 Å². The highest BCUT2D eigenvalue weighted by Gasteiger charge is 2.30. The van der Waals surface area contributed by atoms with E-state index < -0.39 is 0 Å². The number of aromatic nitrogens is 4. The number of nitrogens with zero attached hydrogens (tertiary/aromatic N) is 4. The summed E-state index contributed by atoms with van der Waals surface area (Å²) in [6.07, 6.45) is 4.09. The Morgan fingerprint density at radius 1 is 1.42 bits per heavy atom. The van der Waals surface area contributed by atoms with Crippen molar-refractivity contribution in [1.82, 2.24) is 24.8 Å². The zero-order valence-corrected chi connectivity index (χ0v) is 14.1. The van der Waals surface area contributed by atoms with Gasteiger partial charge in [0.15, 0.2) is 11.5 Å². The van der Waals surface area contributed by atoms with E-state index in [4.69, 9.17) is 11.6 Å². The zero-order valence-electron chi connectivity index (χ0n) is 13.4. The molecule has 122 valence electrons. The van der Waals surface area contributed by atoms with Crippen LogP contribution in [0.15, 0.2) is 24.5 Å². The predicted octanol–water partition coefficient (Wildman–Crippen LogP) is 3.07. The number of carbonyl (C=O) groups excluding carboxylic acids is 1. The number of halogens is 1. The highest BCUT2D eigenvalue weighted by Crippen LogP contribution is 2.29. The maximum Gasteiger partial charge on any atom is 0.290 e. The van der Waals surface area contributed by atoms with Gasteiger partial charge in [0.1, 0.15) is 0 Å². The van der Waals surface area contributed by atoms with E-state index in [1.54, 1.807) is 12.4 Å². The predicted molar refractivity (Wildman–Crippen MR) is 91.0 cm³/mol. The summed E-state index contributed by atoms with van der Waals surface area (Å²) in [5, 5.41) is 0.552. The van der Waals surface area contributed by atoms with Crippen LogP contribution in [0.4, 0.5) is 0 Å². The Kier molecular flexibility index (Phi) is 3.49. The van der Waals surface area contributed by atoms with Crippen LogP contribution in [0.25, 0.3) is 11.2 Å². The number of pyridine rings is 2. The Labute approximate surface area is 143 Å². The first-order valence-electron chi connectivity index (χ1n) is 7.82. The number of hydrogen-bond acceptors (Lipinski definition) is 4. The van der Waals surface area contributed by atoms with Gasteiger partial charge in [-0.25, -0.2) is 9.97 Å². The number of rotatable bonds is 1. The Morgan fingerprint density at radius 2 is 2.25 bits per heavy atom. The summed E-state index contributed by atoms with van der Waals surface area (Å²) in [6, 6.07) is 3.89. The van der Waals surface area contributed by atoms with Gasteiger partial charge in [0.25, 0.3) is 5.91 Å². The van der Waals surface area contributed by atoms with Gasteiger partial charge < -0.3 is 9.88 Å². The Bertz CT molecular complexity index is 951. The number of amides is 1. The quantitative estimate of drug-likeness (QED) is 0.738. The monoisotopic (exact) mass is 341 g/mol. The van der Waals surface area contributed by atoms with Gasteiger partial charge in [0.05, 0.1) is 16.6 Å². The summed E-state index contributed by atoms with van der Waals surface area (Å²) in [4.78, 5) is 30.8. The van der Waals surface area contributed by atoms with Crippen LogP contribution in [-0.2, 0) is 6.42 Å². The van der Waals surface area contributed by atoms with E-state index in [1.165, 1.54) is 0 Å². The number of carbonyl (C=O) groups is 1. The number of nitrogens with one attached hydrogen (secondary N) is 1. The molecule has 4 rings (SSSR count). The van der Waals surface area contributed by atoms with Crippen molar-refractivity contribution in [2.45, 2.75) is 26.3 Å². The van der Waals surface area contributed by atoms with Gasteiger partial charge >= 0.3 is 0 Å². The van der Waals surface area contributed by atoms with Crippen LogP contribution in [0.3, 0.4) is 0 Å². The number of fused-ring (bicyclic) bond motifs is 2. The smallest absolute Gasteiger partial charge is 0.290 e. The molecule has 1 unspecified atom stereocenters. The Balaban J connectivity index is 1.71. The normalized spacial score (nSPS) is 17.1. The van der Waals surface area contributed by atoms with Crippen LogP contribution >= 0.6 is 11.6 Å². The summed E-state index contributed by atoms with van der Waals surface area (Å²) < 4.78 is 0. The lowest BCUT2D eigenvalue weighted by Gasteiger charge is -2.34. The molecule has 1 amide bonds. The average Bonchev–Trinajstić information content (AvgIpc) is 3.03. The lowest BCUT2D eigenvalue weighted by atomic mass is 9.98. The first-order valence-corrected chi connectivity index (χ1v) is 8.19. The minimum Gasteiger partial charge on any atom is -0.332 e. The van der Waals surface area contributed by atoms with Gasteiger partial charge in [-0.1, -0.05) is 17.7 Å². The first kappa shape index (κ1) is 15.1. The Morgan fingerprint density at radius 3 is 3.08 bits per heavy atom. The van der Waals surface area contributed by atoms with Gasteiger partial charge in [0, 0.05) is 31.1 Å². The maximum atomic E-state index is 12.9. The van der Waals surface area contributed by atoms with Crippen molar-refractivity contribution in [2.75, 3.05) is 6.54 Å². The molecule has 0 fully saturated rings. The van der Waals surface area contributed by atoms with E-state index in [0.29, 0.717) is 28.6 Å². The summed E-state index contributed by atoms with van der Waals surface area (Å²) in [7, 11) is 0. The summed E-state index contributed by atoms with van der Waals surface area (Å²) in [6.45, 7) is 4.51. The van der Waals surface area contributed by atoms with Crippen LogP contribution in [0.5, 0.6) is 0 Å². The van der Waals surface area contributed by atoms with Gasteiger partial charge in [-0.3, -0.25) is 9.78 Å². The molecule has 0 radical (unpaired) electrons. The molecule has 1 N–H and O–H groups in total. The Hall–Kier alpha value is -2.47. The molecule has 1 aliphatic heterocycles. The van der Waals surface area contributed by atoms with Crippen LogP contribution in [-0.4, -0.2) is 37.3 Å². The maximum absolute atomic E-state index is 12.9. The second kappa shape index (κ2) is 5.56. The minimum absolute atomic E-state index is 0.0409. The van der Waals surface area contributed by atoms with Crippen LogP contribution in [0, 0.1) is 6.92 Å². The second-order valence-electron chi connectivity index (χ2n) is 5.98. The number of H-pyrrole nitrogens is 1. The lowest BCUT2D eigenvalue weighted by Crippen LogP contribution is -2.39. The van der Waals surface area contributed by atoms with Crippen molar-refractivity contribution in [3.63, 3.8) is 0 Å². The second-order valence-corrected chi connectivity index (χ2v) is 6.39. The summed E-state index contributed by atoms with van der Waals surface area (Å²) in [5.74, 6) is 0.160. The molecule has 7 heteroatoms. The summed E-state index contributed by atoms with van der Waals surface area (Å²) in [5.41, 5.74) is 4.20. The first-order chi connectivity index (χ1) is 11.6. The third-order valence-electron chi connectivity index (χ3n) is 4.61. The van der Waals surface area contributed by atoms with Crippen molar-refractivity contribution in [1.29, 1.82) is 0 Å². The van der Waals surface area contributed by atoms with E-state index >= 15 is 0 Å². The average molecular weight is 342 g/mol. The number of aromatic amines is 1. The van der Waals surface area contributed by atoms with Crippen LogP contribution in [0.1, 0.15) is 40.4 Å². The number of imidazole rings is 1. The van der Waals surface area contributed by atoms with Crippen molar-refractivity contribution in [3.05, 3.63) is 52.2 Å². The molecule has 0 aliphatic carbocycles. The third kappa shape index (κ3) is 2.26. The molecule has 24 heavy (non-hydrogen) atoms. The van der Waals surface area contributed by atoms with E-state index in [0.717, 1.165) is 23.2 Å². The van der Waals surface area contributed by atoms with E-state index in [1.807, 2.05) is 30.9 Å². The van der Waals surface area contributed by atoms with E-state index in [-0.39, 0.29) is 11.9 Å². The topological polar surface area (TPSA) is 74.8 Å². The van der Waals surface area contributed by atoms with Crippen molar-refractivity contribution < 1.29 is 4.79 Å². The molecule has 3 aromatic rings. The third-order valence-corrected chi connectivity index (χ3v) is 5.00. The molecule has 0 bridgehead atoms. The summed E-state index contributed by atoms with van der Waals surface area (Å²) >= 11 is 6.09. The standard InChI is InChI=1S/C17H16ClN5O/c1-9-12(18)8-20-15-14(9)21-16(22-15)17(24)23-7-5-13-11(10(23)2)4-3-6-19-13/h3-4,6,8,10H,5,7H2,1-2H3,(H,20,21,22). The molecular formula is C17H16ClN5O. The fourth-order valence-corrected chi connectivity index (χ4v) is 3.34. The SMILES string of the molecule is Cc1c(Cl)cnc2nc(C(=O)N3CCc4ncccc4C3C)[nH]c12. The molecule has 4 heterocycles. The molecule has 0 saturated carbocycles. The van der Waals surface area contributed by atoms with Crippen molar-refractivity contribution in [3.8, 4) is 0 Å². The van der Waals surface area contributed by atoms with Crippen molar-refractivity contribution >= 4 is 28.7 Å². The van der Waals surface area contributed by atoms with Gasteiger partial charge in [-0.05, 0) is 31.0 Å². The molecule has 0 saturated heterocycles. The van der Waals surface area contributed by atoms with E-state index in [2.05, 4.69) is 19.9 Å². The zero-order chi connectivity index (χ0) is 16.8. The minimum atomic E-state index is -0.134. The van der Waals surface area contributed by atoms with Gasteiger partial charge in [0.2, 0.25) is 0 Å². The molecule has 1 atom stereocenters. The molecule has 3 aromatic heterocycles. The molecule has 6 nitrogen and oxygen atoms in total. The van der Waals surface area contributed by atoms with Gasteiger partial charge in [-0.15, -0.1) is 0 Å². The van der Waals surface area contributed by atoms with Crippen LogP contribution in [0.2, 0.25) is 5.02 Å². The highest BCUT2D eigenvalue weighted by molar-refractivity contribution is 6.31. The van der Waals surface area contributed by atoms with Crippen molar-refractivity contribution in [2.24, 2.45) is 0 Å². The molecular weight excluding hydrogens is 326 g/mol. The fraction of sp³-hybridized carbons (Fsp3) is 0.294. The molecule has 0 spiro atoms. The number of hydrogen-bond donors (Lipinski definition) is 1. The van der Waals surface area contributed by atoms with E-state index in [9.17, 15) is 4.79 Å². The highest BCUT2D eigenvalue weighted by atomic mass is 35.5. The number of aryl methyl sites for hydroxylation is 1. The largest absolute Gasteiger partial charge is 0.332 e.